The zero-order valence-corrected chi connectivity index (χ0v) is 23.4. The number of esters is 1. The molecule has 35 heavy (non-hydrogen) atoms. The van der Waals surface area contributed by atoms with Gasteiger partial charge in [-0.15, -0.1) is 0 Å². The molecule has 1 saturated carbocycles. The molecule has 192 valence electrons. The largest absolute Gasteiger partial charge is 0.497 e. The van der Waals surface area contributed by atoms with Crippen LogP contribution in [0.15, 0.2) is 18.2 Å². The second kappa shape index (κ2) is 8.93. The van der Waals surface area contributed by atoms with Crippen LogP contribution in [0.5, 0.6) is 5.75 Å². The molecular weight excluding hydrogens is 456 g/mol. The van der Waals surface area contributed by atoms with E-state index in [2.05, 4.69) is 61.9 Å². The van der Waals surface area contributed by atoms with E-state index in [9.17, 15) is 4.79 Å². The number of aromatic nitrogens is 1. The minimum absolute atomic E-state index is 0.0607. The molecule has 3 aliphatic rings. The van der Waals surface area contributed by atoms with Gasteiger partial charge in [0.25, 0.3) is 0 Å². The molecular formula is C28H42N2O4Si. The maximum absolute atomic E-state index is 13.0. The van der Waals surface area contributed by atoms with Crippen LogP contribution < -0.4 is 4.74 Å². The molecule has 1 unspecified atom stereocenters. The number of hydrogen-bond donors (Lipinski definition) is 1. The van der Waals surface area contributed by atoms with E-state index in [1.807, 2.05) is 0 Å². The average molecular weight is 499 g/mol. The Hall–Kier alpha value is -1.83. The number of H-pyrrole nitrogens is 1. The number of nitrogens with zero attached hydrogens (tertiary/aromatic N) is 1. The van der Waals surface area contributed by atoms with Gasteiger partial charge in [-0.3, -0.25) is 9.69 Å². The number of aromatic amines is 1. The average Bonchev–Trinajstić information content (AvgIpc) is 3.19. The van der Waals surface area contributed by atoms with Crippen molar-refractivity contribution in [1.29, 1.82) is 0 Å². The molecule has 2 aromatic rings. The first-order chi connectivity index (χ1) is 16.5. The molecule has 1 aromatic heterocycles. The highest BCUT2D eigenvalue weighted by molar-refractivity contribution is 6.74. The number of ether oxygens (including phenoxy) is 2. The smallest absolute Gasteiger partial charge is 0.309 e. The normalized spacial score (nSPS) is 29.3. The molecule has 5 atom stereocenters. The molecule has 5 rings (SSSR count). The Kier molecular flexibility index (Phi) is 6.34. The maximum atomic E-state index is 13.0. The fourth-order valence-corrected chi connectivity index (χ4v) is 8.03. The van der Waals surface area contributed by atoms with Crippen LogP contribution >= 0.6 is 0 Å². The Morgan fingerprint density at radius 1 is 1.14 bits per heavy atom. The van der Waals surface area contributed by atoms with Crippen molar-refractivity contribution in [2.45, 2.75) is 76.7 Å². The number of rotatable bonds is 4. The lowest BCUT2D eigenvalue weighted by atomic mass is 9.65. The molecule has 1 aliphatic carbocycles. The lowest BCUT2D eigenvalue weighted by Crippen LogP contribution is -2.54. The first-order valence-corrected chi connectivity index (χ1v) is 16.1. The number of benzene rings is 1. The molecule has 2 aliphatic heterocycles. The quantitative estimate of drug-likeness (QED) is 0.434. The van der Waals surface area contributed by atoms with Gasteiger partial charge in [-0.25, -0.2) is 0 Å². The van der Waals surface area contributed by atoms with Crippen molar-refractivity contribution in [3.8, 4) is 5.75 Å². The summed E-state index contributed by atoms with van der Waals surface area (Å²) in [4.78, 5) is 19.4. The topological polar surface area (TPSA) is 63.8 Å². The summed E-state index contributed by atoms with van der Waals surface area (Å²) in [6, 6.07) is 6.66. The first-order valence-electron chi connectivity index (χ1n) is 13.2. The van der Waals surface area contributed by atoms with Gasteiger partial charge >= 0.3 is 5.97 Å². The number of piperidine rings is 1. The molecule has 1 saturated heterocycles. The van der Waals surface area contributed by atoms with E-state index >= 15 is 0 Å². The van der Waals surface area contributed by atoms with Gasteiger partial charge in [-0.2, -0.15) is 0 Å². The summed E-state index contributed by atoms with van der Waals surface area (Å²) >= 11 is 0. The van der Waals surface area contributed by atoms with Crippen LogP contribution in [0.2, 0.25) is 18.1 Å². The third-order valence-electron chi connectivity index (χ3n) is 9.51. The monoisotopic (exact) mass is 498 g/mol. The number of fused-ring (bicyclic) bond motifs is 6. The molecule has 0 amide bonds. The van der Waals surface area contributed by atoms with Crippen LogP contribution in [0.1, 0.15) is 57.3 Å². The highest BCUT2D eigenvalue weighted by Gasteiger charge is 2.50. The van der Waals surface area contributed by atoms with E-state index in [-0.39, 0.29) is 23.0 Å². The summed E-state index contributed by atoms with van der Waals surface area (Å²) in [5.41, 5.74) is 3.92. The van der Waals surface area contributed by atoms with Crippen LogP contribution in [0.4, 0.5) is 0 Å². The van der Waals surface area contributed by atoms with Crippen LogP contribution in [0.3, 0.4) is 0 Å². The molecule has 3 heterocycles. The Morgan fingerprint density at radius 3 is 2.60 bits per heavy atom. The van der Waals surface area contributed by atoms with Gasteiger partial charge in [0.2, 0.25) is 0 Å². The molecule has 1 aromatic carbocycles. The van der Waals surface area contributed by atoms with Gasteiger partial charge in [-0.1, -0.05) is 20.8 Å². The van der Waals surface area contributed by atoms with Crippen molar-refractivity contribution in [3.05, 3.63) is 29.5 Å². The van der Waals surface area contributed by atoms with Gasteiger partial charge < -0.3 is 18.9 Å². The standard InChI is InChI=1S/C28H42N2O4Si/c1-28(2,3)35(6,7)34-19-12-17-16-30-11-10-21-20-9-8-18(32-4)14-24(20)29-26(21)25(30)15-22(17)23(13-19)27(31)33-5/h8-9,14,17,19,22-23,25,29H,10-13,15-16H2,1-7H3/t17-,19-,22+,23?,25-/m1/s1. The van der Waals surface area contributed by atoms with E-state index in [4.69, 9.17) is 13.9 Å². The van der Waals surface area contributed by atoms with Crippen LogP contribution in [0, 0.1) is 17.8 Å². The van der Waals surface area contributed by atoms with Crippen molar-refractivity contribution in [2.24, 2.45) is 17.8 Å². The highest BCUT2D eigenvalue weighted by atomic mass is 28.4. The summed E-state index contributed by atoms with van der Waals surface area (Å²) in [7, 11) is 1.34. The molecule has 7 heteroatoms. The minimum atomic E-state index is -1.91. The van der Waals surface area contributed by atoms with Gasteiger partial charge in [0.05, 0.1) is 26.2 Å². The molecule has 0 radical (unpaired) electrons. The lowest BCUT2D eigenvalue weighted by molar-refractivity contribution is -0.155. The maximum Gasteiger partial charge on any atom is 0.309 e. The zero-order valence-electron chi connectivity index (χ0n) is 22.4. The van der Waals surface area contributed by atoms with Gasteiger partial charge in [0, 0.05) is 41.9 Å². The number of nitrogens with one attached hydrogen (secondary N) is 1. The number of methoxy groups -OCH3 is 2. The highest BCUT2D eigenvalue weighted by Crippen LogP contribution is 2.51. The van der Waals surface area contributed by atoms with Gasteiger partial charge in [0.15, 0.2) is 8.32 Å². The van der Waals surface area contributed by atoms with E-state index < -0.39 is 8.32 Å². The van der Waals surface area contributed by atoms with Crippen LogP contribution in [0.25, 0.3) is 10.9 Å². The van der Waals surface area contributed by atoms with Crippen molar-refractivity contribution in [3.63, 3.8) is 0 Å². The predicted molar refractivity (Wildman–Crippen MR) is 141 cm³/mol. The minimum Gasteiger partial charge on any atom is -0.497 e. The third kappa shape index (κ3) is 4.34. The molecule has 6 nitrogen and oxygen atoms in total. The second-order valence-electron chi connectivity index (χ2n) is 12.5. The zero-order chi connectivity index (χ0) is 25.1. The van der Waals surface area contributed by atoms with Crippen molar-refractivity contribution in [2.75, 3.05) is 27.3 Å². The van der Waals surface area contributed by atoms with Crippen LogP contribution in [-0.2, 0) is 20.4 Å². The Labute approximate surface area is 210 Å². The third-order valence-corrected chi connectivity index (χ3v) is 14.0. The number of hydrogen-bond acceptors (Lipinski definition) is 5. The van der Waals surface area contributed by atoms with E-state index in [0.717, 1.165) is 50.0 Å². The number of carbonyl (C=O) groups excluding carboxylic acids is 1. The second-order valence-corrected chi connectivity index (χ2v) is 17.2. The SMILES string of the molecule is COC(=O)C1C[C@H](O[Si](C)(C)C(C)(C)C)C[C@@H]2CN3CCc4c([nH]c5cc(OC)ccc45)[C@H]3C[C@H]12. The molecule has 0 spiro atoms. The van der Waals surface area contributed by atoms with Gasteiger partial charge in [-0.05, 0) is 73.3 Å². The molecule has 0 bridgehead atoms. The fraction of sp³-hybridized carbons (Fsp3) is 0.679. The van der Waals surface area contributed by atoms with Gasteiger partial charge in [0.1, 0.15) is 5.75 Å². The van der Waals surface area contributed by atoms with Crippen molar-refractivity contribution < 1.29 is 18.7 Å². The van der Waals surface area contributed by atoms with E-state index in [1.165, 1.54) is 23.8 Å². The van der Waals surface area contributed by atoms with Crippen LogP contribution in [-0.4, -0.2) is 57.6 Å². The predicted octanol–water partition coefficient (Wildman–Crippen LogP) is 5.69. The molecule has 1 N–H and O–H groups in total. The first kappa shape index (κ1) is 24.8. The summed E-state index contributed by atoms with van der Waals surface area (Å²) in [6.07, 6.45) is 4.02. The summed E-state index contributed by atoms with van der Waals surface area (Å²) in [5.74, 6) is 1.52. The van der Waals surface area contributed by atoms with E-state index in [0.29, 0.717) is 17.9 Å². The Morgan fingerprint density at radius 2 is 1.91 bits per heavy atom. The van der Waals surface area contributed by atoms with Crippen molar-refractivity contribution >= 4 is 25.2 Å². The number of carbonyl (C=O) groups is 1. The van der Waals surface area contributed by atoms with E-state index in [1.54, 1.807) is 7.11 Å². The summed E-state index contributed by atoms with van der Waals surface area (Å²) < 4.78 is 17.7. The summed E-state index contributed by atoms with van der Waals surface area (Å²) in [6.45, 7) is 13.6. The fourth-order valence-electron chi connectivity index (χ4n) is 6.65. The summed E-state index contributed by atoms with van der Waals surface area (Å²) in [5, 5.41) is 1.46. The molecule has 2 fully saturated rings. The van der Waals surface area contributed by atoms with Crippen molar-refractivity contribution in [1.82, 2.24) is 9.88 Å². The Balaban J connectivity index is 1.43. The Bertz CT molecular complexity index is 1100. The lowest BCUT2D eigenvalue weighted by Gasteiger charge is -2.52.